The minimum atomic E-state index is 0. The number of halogens is 1. The van der Waals surface area contributed by atoms with E-state index in [4.69, 9.17) is 9.47 Å². The predicted octanol–water partition coefficient (Wildman–Crippen LogP) is 2.10. The highest BCUT2D eigenvalue weighted by Gasteiger charge is 2.23. The van der Waals surface area contributed by atoms with Crippen LogP contribution in [0.1, 0.15) is 19.4 Å². The van der Waals surface area contributed by atoms with Gasteiger partial charge in [-0.2, -0.15) is 0 Å². The van der Waals surface area contributed by atoms with Crippen LogP contribution >= 0.6 is 24.0 Å². The SMILES string of the molecule is CN=C(NCCOCc1ccccc1)NCC(C)N1CCOCC1C.I. The van der Waals surface area contributed by atoms with E-state index in [9.17, 15) is 0 Å². The van der Waals surface area contributed by atoms with E-state index in [0.717, 1.165) is 38.8 Å². The summed E-state index contributed by atoms with van der Waals surface area (Å²) in [6.07, 6.45) is 0. The number of morpholine rings is 1. The monoisotopic (exact) mass is 476 g/mol. The maximum atomic E-state index is 5.68. The minimum absolute atomic E-state index is 0. The van der Waals surface area contributed by atoms with Crippen LogP contribution in [0.15, 0.2) is 35.3 Å². The lowest BCUT2D eigenvalue weighted by Gasteiger charge is -2.38. The number of guanidine groups is 1. The maximum Gasteiger partial charge on any atom is 0.191 e. The number of ether oxygens (including phenoxy) is 2. The predicted molar refractivity (Wildman–Crippen MR) is 117 cm³/mol. The van der Waals surface area contributed by atoms with Gasteiger partial charge in [-0.15, -0.1) is 24.0 Å². The number of hydrogen-bond acceptors (Lipinski definition) is 4. The Kier molecular flexibility index (Phi) is 11.8. The van der Waals surface area contributed by atoms with E-state index >= 15 is 0 Å². The Balaban J connectivity index is 0.00000338. The number of benzene rings is 1. The van der Waals surface area contributed by atoms with Gasteiger partial charge in [-0.1, -0.05) is 30.3 Å². The number of nitrogens with one attached hydrogen (secondary N) is 2. The fraction of sp³-hybridized carbons (Fsp3) is 0.632. The van der Waals surface area contributed by atoms with Gasteiger partial charge in [-0.05, 0) is 19.4 Å². The van der Waals surface area contributed by atoms with Gasteiger partial charge < -0.3 is 20.1 Å². The molecule has 0 aliphatic carbocycles. The zero-order valence-corrected chi connectivity index (χ0v) is 18.4. The number of rotatable bonds is 8. The van der Waals surface area contributed by atoms with Crippen molar-refractivity contribution < 1.29 is 9.47 Å². The van der Waals surface area contributed by atoms with E-state index in [1.807, 2.05) is 18.2 Å². The quantitative estimate of drug-likeness (QED) is 0.261. The van der Waals surface area contributed by atoms with Crippen molar-refractivity contribution in [3.05, 3.63) is 35.9 Å². The molecule has 1 aliphatic rings. The molecule has 2 N–H and O–H groups in total. The average molecular weight is 476 g/mol. The van der Waals surface area contributed by atoms with Crippen LogP contribution in [0.4, 0.5) is 0 Å². The van der Waals surface area contributed by atoms with Crippen molar-refractivity contribution >= 4 is 29.9 Å². The first kappa shape index (κ1) is 23.1. The van der Waals surface area contributed by atoms with Crippen molar-refractivity contribution in [2.24, 2.45) is 4.99 Å². The molecule has 6 nitrogen and oxygen atoms in total. The summed E-state index contributed by atoms with van der Waals surface area (Å²) in [6.45, 7) is 9.95. The van der Waals surface area contributed by atoms with Crippen molar-refractivity contribution in [2.45, 2.75) is 32.5 Å². The molecule has 2 unspecified atom stereocenters. The van der Waals surface area contributed by atoms with Gasteiger partial charge >= 0.3 is 0 Å². The highest BCUT2D eigenvalue weighted by atomic mass is 127. The van der Waals surface area contributed by atoms with Gasteiger partial charge in [0.05, 0.1) is 26.4 Å². The number of aliphatic imine (C=N–C) groups is 1. The van der Waals surface area contributed by atoms with Crippen LogP contribution in [0.25, 0.3) is 0 Å². The summed E-state index contributed by atoms with van der Waals surface area (Å²) in [6, 6.07) is 11.1. The highest BCUT2D eigenvalue weighted by molar-refractivity contribution is 14.0. The van der Waals surface area contributed by atoms with Crippen molar-refractivity contribution in [1.82, 2.24) is 15.5 Å². The standard InChI is InChI=1S/C19H32N4O2.HI/c1-16(23-10-12-25-14-17(23)2)13-22-19(20-3)21-9-11-24-15-18-7-5-4-6-8-18;/h4-8,16-17H,9-15H2,1-3H3,(H2,20,21,22);1H. The third kappa shape index (κ3) is 8.20. The van der Waals surface area contributed by atoms with Crippen LogP contribution in [-0.4, -0.2) is 69.4 Å². The lowest BCUT2D eigenvalue weighted by molar-refractivity contribution is -0.0174. The number of hydrogen-bond donors (Lipinski definition) is 2. The smallest absolute Gasteiger partial charge is 0.191 e. The summed E-state index contributed by atoms with van der Waals surface area (Å²) in [5.74, 6) is 0.816. The van der Waals surface area contributed by atoms with E-state index in [-0.39, 0.29) is 24.0 Å². The molecule has 1 heterocycles. The molecule has 1 saturated heterocycles. The molecule has 0 spiro atoms. The first-order valence-corrected chi connectivity index (χ1v) is 9.10. The largest absolute Gasteiger partial charge is 0.379 e. The minimum Gasteiger partial charge on any atom is -0.379 e. The van der Waals surface area contributed by atoms with E-state index in [0.29, 0.717) is 25.3 Å². The zero-order valence-electron chi connectivity index (χ0n) is 16.1. The third-order valence-electron chi connectivity index (χ3n) is 4.42. The third-order valence-corrected chi connectivity index (χ3v) is 4.42. The van der Waals surface area contributed by atoms with Crippen molar-refractivity contribution in [3.63, 3.8) is 0 Å². The Morgan fingerprint density at radius 2 is 2.12 bits per heavy atom. The topological polar surface area (TPSA) is 58.1 Å². The molecule has 1 fully saturated rings. The second-order valence-corrected chi connectivity index (χ2v) is 6.43. The van der Waals surface area contributed by atoms with Crippen LogP contribution in [0, 0.1) is 0 Å². The second-order valence-electron chi connectivity index (χ2n) is 6.43. The summed E-state index contributed by atoms with van der Waals surface area (Å²) in [4.78, 5) is 6.75. The van der Waals surface area contributed by atoms with Gasteiger partial charge in [0, 0.05) is 38.8 Å². The molecular weight excluding hydrogens is 443 g/mol. The highest BCUT2D eigenvalue weighted by Crippen LogP contribution is 2.09. The van der Waals surface area contributed by atoms with E-state index in [2.05, 4.69) is 46.5 Å². The molecule has 0 saturated carbocycles. The Hall–Kier alpha value is -0.900. The lowest BCUT2D eigenvalue weighted by Crippen LogP contribution is -2.53. The van der Waals surface area contributed by atoms with Crippen LogP contribution in [0.2, 0.25) is 0 Å². The van der Waals surface area contributed by atoms with E-state index in [1.54, 1.807) is 7.05 Å². The molecule has 2 rings (SSSR count). The molecular formula is C19H33IN4O2. The Morgan fingerprint density at radius 1 is 1.35 bits per heavy atom. The molecule has 148 valence electrons. The van der Waals surface area contributed by atoms with Gasteiger partial charge in [0.2, 0.25) is 0 Å². The lowest BCUT2D eigenvalue weighted by atomic mass is 10.2. The molecule has 1 aromatic carbocycles. The fourth-order valence-corrected chi connectivity index (χ4v) is 2.98. The van der Waals surface area contributed by atoms with Gasteiger partial charge in [-0.25, -0.2) is 0 Å². The molecule has 1 aromatic rings. The van der Waals surface area contributed by atoms with Gasteiger partial charge in [0.1, 0.15) is 0 Å². The maximum absolute atomic E-state index is 5.68. The molecule has 0 bridgehead atoms. The van der Waals surface area contributed by atoms with Gasteiger partial charge in [0.15, 0.2) is 5.96 Å². The summed E-state index contributed by atoms with van der Waals surface area (Å²) in [5, 5.41) is 6.69. The molecule has 2 atom stereocenters. The Morgan fingerprint density at radius 3 is 2.81 bits per heavy atom. The van der Waals surface area contributed by atoms with Crippen molar-refractivity contribution in [3.8, 4) is 0 Å². The zero-order chi connectivity index (χ0) is 17.9. The van der Waals surface area contributed by atoms with Crippen molar-refractivity contribution in [2.75, 3.05) is 46.5 Å². The summed E-state index contributed by atoms with van der Waals surface area (Å²) < 4.78 is 11.2. The second kappa shape index (κ2) is 13.3. The van der Waals surface area contributed by atoms with Crippen LogP contribution < -0.4 is 10.6 Å². The van der Waals surface area contributed by atoms with E-state index < -0.39 is 0 Å². The summed E-state index contributed by atoms with van der Waals surface area (Å²) in [7, 11) is 1.79. The van der Waals surface area contributed by atoms with Gasteiger partial charge in [0.25, 0.3) is 0 Å². The Bertz CT molecular complexity index is 516. The molecule has 0 aromatic heterocycles. The molecule has 26 heavy (non-hydrogen) atoms. The number of nitrogens with zero attached hydrogens (tertiary/aromatic N) is 2. The summed E-state index contributed by atoms with van der Waals surface area (Å²) in [5.41, 5.74) is 1.19. The molecule has 0 radical (unpaired) electrons. The average Bonchev–Trinajstić information content (AvgIpc) is 2.65. The van der Waals surface area contributed by atoms with Crippen LogP contribution in [0.3, 0.4) is 0 Å². The first-order valence-electron chi connectivity index (χ1n) is 9.10. The molecule has 0 amide bonds. The fourth-order valence-electron chi connectivity index (χ4n) is 2.98. The van der Waals surface area contributed by atoms with E-state index in [1.165, 1.54) is 5.56 Å². The van der Waals surface area contributed by atoms with Crippen LogP contribution in [0.5, 0.6) is 0 Å². The van der Waals surface area contributed by atoms with Crippen LogP contribution in [-0.2, 0) is 16.1 Å². The summed E-state index contributed by atoms with van der Waals surface area (Å²) >= 11 is 0. The normalized spacial score (nSPS) is 19.5. The Labute approximate surface area is 174 Å². The molecule has 7 heteroatoms. The van der Waals surface area contributed by atoms with Gasteiger partial charge in [-0.3, -0.25) is 9.89 Å². The van der Waals surface area contributed by atoms with Crippen molar-refractivity contribution in [1.29, 1.82) is 0 Å². The molecule has 1 aliphatic heterocycles. The first-order chi connectivity index (χ1) is 12.2.